The first-order valence-electron chi connectivity index (χ1n) is 9.60. The maximum Gasteiger partial charge on any atom is 0.257 e. The SMILES string of the molecule is CN(C)S(=O)(=O)c1ccc2nc(NC(=O)c3ccc(Cc4ccccc4)cc3)sc2c1. The lowest BCUT2D eigenvalue weighted by Gasteiger charge is -2.10. The van der Waals surface area contributed by atoms with E-state index in [9.17, 15) is 13.2 Å². The van der Waals surface area contributed by atoms with Crippen LogP contribution in [0.15, 0.2) is 77.7 Å². The maximum atomic E-state index is 12.6. The lowest BCUT2D eigenvalue weighted by molar-refractivity contribution is 0.102. The minimum atomic E-state index is -3.53. The Labute approximate surface area is 185 Å². The third kappa shape index (κ3) is 4.66. The van der Waals surface area contributed by atoms with Crippen molar-refractivity contribution >= 4 is 42.6 Å². The lowest BCUT2D eigenvalue weighted by atomic mass is 10.0. The summed E-state index contributed by atoms with van der Waals surface area (Å²) in [6, 6.07) is 22.4. The van der Waals surface area contributed by atoms with Gasteiger partial charge in [0.15, 0.2) is 5.13 Å². The first kappa shape index (κ1) is 21.2. The standard InChI is InChI=1S/C23H21N3O3S2/c1-26(2)31(28,29)19-12-13-20-21(15-19)30-23(24-20)25-22(27)18-10-8-17(9-11-18)14-16-6-4-3-5-7-16/h3-13,15H,14H2,1-2H3,(H,24,25,27). The topological polar surface area (TPSA) is 79.4 Å². The van der Waals surface area contributed by atoms with E-state index in [1.165, 1.54) is 41.4 Å². The van der Waals surface area contributed by atoms with Gasteiger partial charge < -0.3 is 0 Å². The number of sulfonamides is 1. The monoisotopic (exact) mass is 451 g/mol. The van der Waals surface area contributed by atoms with Crippen LogP contribution in [0.2, 0.25) is 0 Å². The van der Waals surface area contributed by atoms with Gasteiger partial charge in [-0.05, 0) is 47.9 Å². The molecule has 0 radical (unpaired) electrons. The van der Waals surface area contributed by atoms with E-state index >= 15 is 0 Å². The van der Waals surface area contributed by atoms with Gasteiger partial charge in [0.1, 0.15) is 0 Å². The summed E-state index contributed by atoms with van der Waals surface area (Å²) in [7, 11) is -0.549. The van der Waals surface area contributed by atoms with Crippen LogP contribution in [0.25, 0.3) is 10.2 Å². The van der Waals surface area contributed by atoms with Crippen molar-refractivity contribution in [1.82, 2.24) is 9.29 Å². The second-order valence-electron chi connectivity index (χ2n) is 7.25. The minimum Gasteiger partial charge on any atom is -0.298 e. The molecule has 3 aromatic carbocycles. The minimum absolute atomic E-state index is 0.195. The Morgan fingerprint density at radius 2 is 1.65 bits per heavy atom. The smallest absolute Gasteiger partial charge is 0.257 e. The number of aromatic nitrogens is 1. The summed E-state index contributed by atoms with van der Waals surface area (Å²) in [5, 5.41) is 3.23. The van der Waals surface area contributed by atoms with Crippen LogP contribution in [0.3, 0.4) is 0 Å². The largest absolute Gasteiger partial charge is 0.298 e. The number of hydrogen-bond donors (Lipinski definition) is 1. The van der Waals surface area contributed by atoms with Crippen LogP contribution in [0.5, 0.6) is 0 Å². The van der Waals surface area contributed by atoms with Gasteiger partial charge in [-0.1, -0.05) is 53.8 Å². The van der Waals surface area contributed by atoms with Crippen molar-refractivity contribution in [3.05, 3.63) is 89.5 Å². The molecule has 1 amide bonds. The molecule has 0 atom stereocenters. The molecule has 1 aromatic heterocycles. The van der Waals surface area contributed by atoms with Crippen molar-refractivity contribution in [2.45, 2.75) is 11.3 Å². The van der Waals surface area contributed by atoms with E-state index in [1.54, 1.807) is 24.3 Å². The van der Waals surface area contributed by atoms with E-state index in [0.29, 0.717) is 20.9 Å². The Kier molecular flexibility index (Phi) is 5.86. The molecule has 0 bridgehead atoms. The molecular formula is C23H21N3O3S2. The normalized spacial score (nSPS) is 11.7. The van der Waals surface area contributed by atoms with Crippen molar-refractivity contribution in [1.29, 1.82) is 0 Å². The van der Waals surface area contributed by atoms with Crippen molar-refractivity contribution in [2.24, 2.45) is 0 Å². The van der Waals surface area contributed by atoms with Crippen molar-refractivity contribution in [3.63, 3.8) is 0 Å². The highest BCUT2D eigenvalue weighted by Crippen LogP contribution is 2.29. The molecule has 4 rings (SSSR count). The first-order valence-corrected chi connectivity index (χ1v) is 11.9. The van der Waals surface area contributed by atoms with E-state index in [1.807, 2.05) is 30.3 Å². The van der Waals surface area contributed by atoms with Crippen LogP contribution in [-0.4, -0.2) is 37.7 Å². The van der Waals surface area contributed by atoms with Gasteiger partial charge in [-0.25, -0.2) is 17.7 Å². The summed E-state index contributed by atoms with van der Waals surface area (Å²) in [5.74, 6) is -0.258. The Morgan fingerprint density at radius 3 is 2.32 bits per heavy atom. The Hall–Kier alpha value is -3.07. The van der Waals surface area contributed by atoms with E-state index in [4.69, 9.17) is 0 Å². The maximum absolute atomic E-state index is 12.6. The fourth-order valence-electron chi connectivity index (χ4n) is 3.10. The molecule has 31 heavy (non-hydrogen) atoms. The predicted octanol–water partition coefficient (Wildman–Crippen LogP) is 4.39. The number of rotatable bonds is 6. The highest BCUT2D eigenvalue weighted by atomic mass is 32.2. The highest BCUT2D eigenvalue weighted by molar-refractivity contribution is 7.89. The van der Waals surface area contributed by atoms with E-state index in [2.05, 4.69) is 22.4 Å². The molecule has 8 heteroatoms. The van der Waals surface area contributed by atoms with E-state index in [0.717, 1.165) is 12.0 Å². The average molecular weight is 452 g/mol. The third-order valence-electron chi connectivity index (χ3n) is 4.83. The van der Waals surface area contributed by atoms with Crippen LogP contribution in [0, 0.1) is 0 Å². The second kappa shape index (κ2) is 8.58. The van der Waals surface area contributed by atoms with E-state index < -0.39 is 10.0 Å². The summed E-state index contributed by atoms with van der Waals surface area (Å²) in [5.41, 5.74) is 3.50. The predicted molar refractivity (Wildman–Crippen MR) is 124 cm³/mol. The molecule has 4 aromatic rings. The molecule has 0 aliphatic rings. The second-order valence-corrected chi connectivity index (χ2v) is 10.4. The Morgan fingerprint density at radius 1 is 0.968 bits per heavy atom. The molecule has 0 saturated carbocycles. The molecular weight excluding hydrogens is 430 g/mol. The fraction of sp³-hybridized carbons (Fsp3) is 0.130. The van der Waals surface area contributed by atoms with Gasteiger partial charge >= 0.3 is 0 Å². The van der Waals surface area contributed by atoms with Crippen molar-refractivity contribution < 1.29 is 13.2 Å². The van der Waals surface area contributed by atoms with Gasteiger partial charge in [0.2, 0.25) is 10.0 Å². The van der Waals surface area contributed by atoms with E-state index in [-0.39, 0.29) is 10.8 Å². The third-order valence-corrected chi connectivity index (χ3v) is 7.57. The molecule has 0 aliphatic heterocycles. The quantitative estimate of drug-likeness (QED) is 0.472. The molecule has 1 N–H and O–H groups in total. The lowest BCUT2D eigenvalue weighted by Crippen LogP contribution is -2.22. The number of hydrogen-bond acceptors (Lipinski definition) is 5. The molecule has 0 unspecified atom stereocenters. The Bertz CT molecular complexity index is 1330. The number of benzene rings is 3. The molecule has 0 aliphatic carbocycles. The van der Waals surface area contributed by atoms with Gasteiger partial charge in [0, 0.05) is 19.7 Å². The number of fused-ring (bicyclic) bond motifs is 1. The van der Waals surface area contributed by atoms with Crippen LogP contribution >= 0.6 is 11.3 Å². The number of nitrogens with zero attached hydrogens (tertiary/aromatic N) is 2. The highest BCUT2D eigenvalue weighted by Gasteiger charge is 2.19. The average Bonchev–Trinajstić information content (AvgIpc) is 3.16. The van der Waals surface area contributed by atoms with Crippen LogP contribution in [-0.2, 0) is 16.4 Å². The molecule has 158 valence electrons. The number of carbonyl (C=O) groups excluding carboxylic acids is 1. The van der Waals surface area contributed by atoms with Gasteiger partial charge in [-0.2, -0.15) is 0 Å². The fourth-order valence-corrected chi connectivity index (χ4v) is 5.01. The zero-order valence-electron chi connectivity index (χ0n) is 17.1. The number of thiazole rings is 1. The number of amides is 1. The zero-order chi connectivity index (χ0) is 22.0. The van der Waals surface area contributed by atoms with Crippen molar-refractivity contribution in [2.75, 3.05) is 19.4 Å². The van der Waals surface area contributed by atoms with Crippen LogP contribution < -0.4 is 5.32 Å². The molecule has 0 spiro atoms. The summed E-state index contributed by atoms with van der Waals surface area (Å²) in [4.78, 5) is 17.2. The van der Waals surface area contributed by atoms with Gasteiger partial charge in [0.25, 0.3) is 5.91 Å². The molecule has 6 nitrogen and oxygen atoms in total. The first-order chi connectivity index (χ1) is 14.8. The summed E-state index contributed by atoms with van der Waals surface area (Å²) in [6.07, 6.45) is 0.804. The van der Waals surface area contributed by atoms with Gasteiger partial charge in [0.05, 0.1) is 15.1 Å². The van der Waals surface area contributed by atoms with Crippen LogP contribution in [0.1, 0.15) is 21.5 Å². The summed E-state index contributed by atoms with van der Waals surface area (Å²) >= 11 is 1.24. The Balaban J connectivity index is 1.49. The summed E-state index contributed by atoms with van der Waals surface area (Å²) in [6.45, 7) is 0. The number of anilines is 1. The summed E-state index contributed by atoms with van der Waals surface area (Å²) < 4.78 is 26.5. The van der Waals surface area contributed by atoms with Crippen LogP contribution in [0.4, 0.5) is 5.13 Å². The number of carbonyl (C=O) groups is 1. The molecule has 0 saturated heterocycles. The molecule has 1 heterocycles. The zero-order valence-corrected chi connectivity index (χ0v) is 18.7. The van der Waals surface area contributed by atoms with Gasteiger partial charge in [-0.15, -0.1) is 0 Å². The number of nitrogens with one attached hydrogen (secondary N) is 1. The van der Waals surface area contributed by atoms with Crippen molar-refractivity contribution in [3.8, 4) is 0 Å². The molecule has 0 fully saturated rings. The van der Waals surface area contributed by atoms with Gasteiger partial charge in [-0.3, -0.25) is 10.1 Å².